The smallest absolute Gasteiger partial charge is 0.240 e. The molecule has 1 atom stereocenters. The second kappa shape index (κ2) is 6.88. The highest BCUT2D eigenvalue weighted by Gasteiger charge is 2.14. The topological polar surface area (TPSA) is 67.4 Å². The molecule has 0 aromatic heterocycles. The zero-order chi connectivity index (χ0) is 14.5. The van der Waals surface area contributed by atoms with E-state index in [0.29, 0.717) is 6.54 Å². The monoisotopic (exact) mass is 286 g/mol. The van der Waals surface area contributed by atoms with E-state index in [4.69, 9.17) is 4.74 Å². The van der Waals surface area contributed by atoms with Crippen LogP contribution in [0.4, 0.5) is 5.69 Å². The van der Waals surface area contributed by atoms with Gasteiger partial charge in [-0.25, -0.2) is 13.1 Å². The molecule has 0 heterocycles. The summed E-state index contributed by atoms with van der Waals surface area (Å²) in [5.74, 6) is 0. The standard InChI is InChI=1S/C13H22N2O3S/c1-10(2)15-19(16,17)13-7-5-12(6-8-13)14-9-11(3)18-4/h5-8,10-11,14-15H,9H2,1-4H3. The fraction of sp³-hybridized carbons (Fsp3) is 0.538. The second-order valence-electron chi connectivity index (χ2n) is 4.73. The van der Waals surface area contributed by atoms with Crippen LogP contribution in [0.3, 0.4) is 0 Å². The van der Waals surface area contributed by atoms with Gasteiger partial charge in [-0.2, -0.15) is 0 Å². The Kier molecular flexibility index (Phi) is 5.78. The van der Waals surface area contributed by atoms with Gasteiger partial charge in [-0.3, -0.25) is 0 Å². The Bertz CT molecular complexity index is 483. The second-order valence-corrected chi connectivity index (χ2v) is 6.44. The van der Waals surface area contributed by atoms with E-state index < -0.39 is 10.0 Å². The molecule has 2 N–H and O–H groups in total. The molecule has 0 aliphatic heterocycles. The lowest BCUT2D eigenvalue weighted by molar-refractivity contribution is 0.129. The van der Waals surface area contributed by atoms with Crippen molar-refractivity contribution in [1.29, 1.82) is 0 Å². The Morgan fingerprint density at radius 2 is 1.74 bits per heavy atom. The zero-order valence-corrected chi connectivity index (χ0v) is 12.6. The van der Waals surface area contributed by atoms with Crippen LogP contribution in [0.25, 0.3) is 0 Å². The van der Waals surface area contributed by atoms with E-state index in [1.807, 2.05) is 6.92 Å². The van der Waals surface area contributed by atoms with Crippen LogP contribution in [-0.2, 0) is 14.8 Å². The molecule has 6 heteroatoms. The van der Waals surface area contributed by atoms with Crippen molar-refractivity contribution < 1.29 is 13.2 Å². The van der Waals surface area contributed by atoms with Crippen molar-refractivity contribution in [3.8, 4) is 0 Å². The summed E-state index contributed by atoms with van der Waals surface area (Å²) in [6.45, 7) is 6.21. The fourth-order valence-electron chi connectivity index (χ4n) is 1.48. The van der Waals surface area contributed by atoms with Gasteiger partial charge in [-0.1, -0.05) is 0 Å². The molecule has 0 saturated heterocycles. The zero-order valence-electron chi connectivity index (χ0n) is 11.8. The van der Waals surface area contributed by atoms with Crippen LogP contribution < -0.4 is 10.0 Å². The number of nitrogens with one attached hydrogen (secondary N) is 2. The lowest BCUT2D eigenvalue weighted by Gasteiger charge is -2.13. The summed E-state index contributed by atoms with van der Waals surface area (Å²) < 4.78 is 31.5. The number of rotatable bonds is 7. The number of benzene rings is 1. The third-order valence-electron chi connectivity index (χ3n) is 2.55. The van der Waals surface area contributed by atoms with Crippen LogP contribution in [0.15, 0.2) is 29.2 Å². The third-order valence-corrected chi connectivity index (χ3v) is 4.23. The average Bonchev–Trinajstić information content (AvgIpc) is 2.35. The van der Waals surface area contributed by atoms with Crippen LogP contribution in [0.1, 0.15) is 20.8 Å². The van der Waals surface area contributed by atoms with Crippen LogP contribution >= 0.6 is 0 Å². The Labute approximate surface area is 115 Å². The van der Waals surface area contributed by atoms with E-state index in [9.17, 15) is 8.42 Å². The predicted octanol–water partition coefficient (Wildman–Crippen LogP) is 1.82. The summed E-state index contributed by atoms with van der Waals surface area (Å²) in [6, 6.07) is 6.55. The number of sulfonamides is 1. The summed E-state index contributed by atoms with van der Waals surface area (Å²) in [7, 11) is -1.76. The Hall–Kier alpha value is -1.11. The van der Waals surface area contributed by atoms with Crippen molar-refractivity contribution in [2.24, 2.45) is 0 Å². The molecule has 0 aliphatic carbocycles. The molecular weight excluding hydrogens is 264 g/mol. The minimum atomic E-state index is -3.41. The molecule has 19 heavy (non-hydrogen) atoms. The highest BCUT2D eigenvalue weighted by atomic mass is 32.2. The van der Waals surface area contributed by atoms with Gasteiger partial charge in [0, 0.05) is 25.4 Å². The van der Waals surface area contributed by atoms with Gasteiger partial charge >= 0.3 is 0 Å². The SMILES string of the molecule is COC(C)CNc1ccc(S(=O)(=O)NC(C)C)cc1. The largest absolute Gasteiger partial charge is 0.382 e. The first-order valence-electron chi connectivity index (χ1n) is 6.24. The van der Waals surface area contributed by atoms with Gasteiger partial charge in [0.15, 0.2) is 0 Å². The molecule has 1 aromatic carbocycles. The number of hydrogen-bond acceptors (Lipinski definition) is 4. The Morgan fingerprint density at radius 3 is 2.21 bits per heavy atom. The van der Waals surface area contributed by atoms with Gasteiger partial charge < -0.3 is 10.1 Å². The summed E-state index contributed by atoms with van der Waals surface area (Å²) in [5.41, 5.74) is 0.868. The first-order chi connectivity index (χ1) is 8.85. The number of methoxy groups -OCH3 is 1. The molecule has 1 rings (SSSR count). The van der Waals surface area contributed by atoms with Crippen molar-refractivity contribution in [2.45, 2.75) is 37.8 Å². The number of anilines is 1. The van der Waals surface area contributed by atoms with Crippen molar-refractivity contribution >= 4 is 15.7 Å². The van der Waals surface area contributed by atoms with Gasteiger partial charge in [0.25, 0.3) is 0 Å². The molecule has 1 unspecified atom stereocenters. The molecule has 108 valence electrons. The van der Waals surface area contributed by atoms with Crippen LogP contribution in [-0.4, -0.2) is 34.2 Å². The van der Waals surface area contributed by atoms with E-state index in [1.54, 1.807) is 45.2 Å². The van der Waals surface area contributed by atoms with Crippen LogP contribution in [0.5, 0.6) is 0 Å². The first-order valence-corrected chi connectivity index (χ1v) is 7.72. The van der Waals surface area contributed by atoms with Gasteiger partial charge in [0.2, 0.25) is 10.0 Å². The van der Waals surface area contributed by atoms with Crippen molar-refractivity contribution in [3.63, 3.8) is 0 Å². The molecule has 1 aromatic rings. The van der Waals surface area contributed by atoms with Gasteiger partial charge in [-0.15, -0.1) is 0 Å². The quantitative estimate of drug-likeness (QED) is 0.802. The van der Waals surface area contributed by atoms with E-state index in [-0.39, 0.29) is 17.0 Å². The highest BCUT2D eigenvalue weighted by Crippen LogP contribution is 2.14. The van der Waals surface area contributed by atoms with Crippen LogP contribution in [0, 0.1) is 0 Å². The van der Waals surface area contributed by atoms with E-state index in [2.05, 4.69) is 10.0 Å². The molecule has 0 saturated carbocycles. The van der Waals surface area contributed by atoms with Gasteiger partial charge in [-0.05, 0) is 45.0 Å². The third kappa shape index (κ3) is 5.18. The first kappa shape index (κ1) is 15.9. The molecule has 0 radical (unpaired) electrons. The molecular formula is C13H22N2O3S. The van der Waals surface area contributed by atoms with Crippen molar-refractivity contribution in [1.82, 2.24) is 4.72 Å². The van der Waals surface area contributed by atoms with Gasteiger partial charge in [0.05, 0.1) is 11.0 Å². The Balaban J connectivity index is 2.71. The lowest BCUT2D eigenvalue weighted by Crippen LogP contribution is -2.30. The predicted molar refractivity (Wildman–Crippen MR) is 76.9 cm³/mol. The lowest BCUT2D eigenvalue weighted by atomic mass is 10.3. The van der Waals surface area contributed by atoms with Crippen LogP contribution in [0.2, 0.25) is 0 Å². The molecule has 0 amide bonds. The normalized spacial score (nSPS) is 13.5. The maximum Gasteiger partial charge on any atom is 0.240 e. The number of hydrogen-bond donors (Lipinski definition) is 2. The van der Waals surface area contributed by atoms with E-state index in [1.165, 1.54) is 0 Å². The summed E-state index contributed by atoms with van der Waals surface area (Å²) in [4.78, 5) is 0.270. The Morgan fingerprint density at radius 1 is 1.16 bits per heavy atom. The van der Waals surface area contributed by atoms with Gasteiger partial charge in [0.1, 0.15) is 0 Å². The molecule has 0 fully saturated rings. The summed E-state index contributed by atoms with van der Waals surface area (Å²) in [6.07, 6.45) is 0.103. The molecule has 0 spiro atoms. The summed E-state index contributed by atoms with van der Waals surface area (Å²) in [5, 5.41) is 3.17. The molecule has 0 bridgehead atoms. The van der Waals surface area contributed by atoms with Crippen molar-refractivity contribution in [2.75, 3.05) is 19.0 Å². The molecule has 0 aliphatic rings. The fourth-order valence-corrected chi connectivity index (χ4v) is 2.73. The minimum Gasteiger partial charge on any atom is -0.382 e. The van der Waals surface area contributed by atoms with Crippen molar-refractivity contribution in [3.05, 3.63) is 24.3 Å². The highest BCUT2D eigenvalue weighted by molar-refractivity contribution is 7.89. The summed E-state index contributed by atoms with van der Waals surface area (Å²) >= 11 is 0. The minimum absolute atomic E-state index is 0.103. The van der Waals surface area contributed by atoms with E-state index in [0.717, 1.165) is 5.69 Å². The molecule has 5 nitrogen and oxygen atoms in total. The maximum absolute atomic E-state index is 11.9. The average molecular weight is 286 g/mol. The maximum atomic E-state index is 11.9. The van der Waals surface area contributed by atoms with E-state index >= 15 is 0 Å². The number of ether oxygens (including phenoxy) is 1.